The third-order valence-corrected chi connectivity index (χ3v) is 5.37. The van der Waals surface area contributed by atoms with Gasteiger partial charge >= 0.3 is 0 Å². The van der Waals surface area contributed by atoms with Crippen LogP contribution in [-0.2, 0) is 22.7 Å². The Morgan fingerprint density at radius 3 is 2.88 bits per heavy atom. The molecule has 2 amide bonds. The lowest BCUT2D eigenvalue weighted by Gasteiger charge is -2.38. The van der Waals surface area contributed by atoms with Crippen LogP contribution in [0.15, 0.2) is 12.5 Å². The van der Waals surface area contributed by atoms with Gasteiger partial charge in [0.25, 0.3) is 0 Å². The lowest BCUT2D eigenvalue weighted by molar-refractivity contribution is -0.135. The predicted molar refractivity (Wildman–Crippen MR) is 99.3 cm³/mol. The van der Waals surface area contributed by atoms with Gasteiger partial charge in [-0.25, -0.2) is 4.98 Å². The first-order valence-electron chi connectivity index (χ1n) is 9.83. The van der Waals surface area contributed by atoms with Crippen LogP contribution >= 0.6 is 0 Å². The predicted octanol–water partition coefficient (Wildman–Crippen LogP) is 1.29. The molecule has 1 saturated carbocycles. The number of carbonyl (C=O) groups excluding carboxylic acids is 2. The Morgan fingerprint density at radius 1 is 1.38 bits per heavy atom. The van der Waals surface area contributed by atoms with E-state index in [4.69, 9.17) is 0 Å². The minimum Gasteiger partial charge on any atom is -0.353 e. The van der Waals surface area contributed by atoms with Gasteiger partial charge in [0.05, 0.1) is 31.0 Å². The number of carbonyl (C=O) groups is 2. The van der Waals surface area contributed by atoms with E-state index in [2.05, 4.69) is 38.9 Å². The molecule has 0 aromatic carbocycles. The summed E-state index contributed by atoms with van der Waals surface area (Å²) in [5.74, 6) is 0.431. The van der Waals surface area contributed by atoms with E-state index in [1.54, 1.807) is 12.5 Å². The Balaban J connectivity index is 1.56. The molecule has 0 bridgehead atoms. The number of nitrogens with one attached hydrogen (secondary N) is 2. The van der Waals surface area contributed by atoms with Crippen molar-refractivity contribution in [3.05, 3.63) is 18.2 Å². The number of imidazole rings is 1. The molecular formula is C19H31N5O2. The molecule has 1 saturated heterocycles. The highest BCUT2D eigenvalue weighted by molar-refractivity contribution is 5.88. The molecule has 7 nitrogen and oxygen atoms in total. The summed E-state index contributed by atoms with van der Waals surface area (Å²) in [5, 5.41) is 5.89. The van der Waals surface area contributed by atoms with Crippen molar-refractivity contribution < 1.29 is 9.59 Å². The maximum absolute atomic E-state index is 12.5. The summed E-state index contributed by atoms with van der Waals surface area (Å²) in [6, 6.07) is 0.110. The van der Waals surface area contributed by atoms with Gasteiger partial charge < -0.3 is 15.2 Å². The summed E-state index contributed by atoms with van der Waals surface area (Å²) >= 11 is 0. The van der Waals surface area contributed by atoms with Crippen molar-refractivity contribution in [2.45, 2.75) is 71.1 Å². The van der Waals surface area contributed by atoms with E-state index < -0.39 is 0 Å². The molecule has 1 aromatic rings. The first kappa shape index (κ1) is 18.9. The average Bonchev–Trinajstić information content (AvgIpc) is 3.26. The van der Waals surface area contributed by atoms with E-state index in [9.17, 15) is 9.59 Å². The molecule has 1 aliphatic heterocycles. The molecule has 1 aromatic heterocycles. The quantitative estimate of drug-likeness (QED) is 0.767. The molecule has 144 valence electrons. The molecular weight excluding hydrogens is 330 g/mol. The fraction of sp³-hybridized carbons (Fsp3) is 0.737. The second-order valence-corrected chi connectivity index (χ2v) is 7.89. The third-order valence-electron chi connectivity index (χ3n) is 5.37. The van der Waals surface area contributed by atoms with Gasteiger partial charge in [-0.05, 0) is 18.8 Å². The molecule has 2 heterocycles. The minimum atomic E-state index is -0.340. The van der Waals surface area contributed by atoms with Gasteiger partial charge in [0.15, 0.2) is 0 Å². The Kier molecular flexibility index (Phi) is 6.29. The van der Waals surface area contributed by atoms with E-state index in [1.807, 2.05) is 0 Å². The second-order valence-electron chi connectivity index (χ2n) is 7.89. The van der Waals surface area contributed by atoms with Gasteiger partial charge in [0.2, 0.25) is 11.8 Å². The zero-order chi connectivity index (χ0) is 18.5. The molecule has 2 fully saturated rings. The van der Waals surface area contributed by atoms with Crippen molar-refractivity contribution >= 4 is 11.8 Å². The summed E-state index contributed by atoms with van der Waals surface area (Å²) in [5.41, 5.74) is 0.993. The fourth-order valence-corrected chi connectivity index (χ4v) is 4.11. The van der Waals surface area contributed by atoms with Crippen molar-refractivity contribution in [1.82, 2.24) is 25.1 Å². The number of amides is 2. The summed E-state index contributed by atoms with van der Waals surface area (Å²) in [6.07, 6.45) is 8.54. The molecule has 2 aliphatic rings. The molecule has 1 aliphatic carbocycles. The number of hydrogen-bond donors (Lipinski definition) is 2. The SMILES string of the molecule is CC(C)Cn1cncc1CNC(=O)CC1C(=O)NCCN1C1CCCC1. The van der Waals surface area contributed by atoms with Gasteiger partial charge in [-0.2, -0.15) is 0 Å². The standard InChI is InChI=1S/C19H31N5O2/c1-14(2)12-23-13-20-10-16(23)11-22-18(25)9-17-19(26)21-7-8-24(17)15-5-3-4-6-15/h10,13-15,17H,3-9,11-12H2,1-2H3,(H,21,26)(H,22,25). The third kappa shape index (κ3) is 4.63. The minimum absolute atomic E-state index is 0.0110. The molecule has 1 unspecified atom stereocenters. The van der Waals surface area contributed by atoms with Crippen LogP contribution < -0.4 is 10.6 Å². The molecule has 1 atom stereocenters. The monoisotopic (exact) mass is 361 g/mol. The van der Waals surface area contributed by atoms with Crippen LogP contribution in [0, 0.1) is 5.92 Å². The van der Waals surface area contributed by atoms with E-state index in [0.717, 1.165) is 31.6 Å². The lowest BCUT2D eigenvalue weighted by Crippen LogP contribution is -2.59. The van der Waals surface area contributed by atoms with Gasteiger partial charge in [0, 0.05) is 31.9 Å². The van der Waals surface area contributed by atoms with Gasteiger partial charge in [-0.3, -0.25) is 14.5 Å². The second kappa shape index (κ2) is 8.66. The maximum atomic E-state index is 12.5. The highest BCUT2D eigenvalue weighted by Crippen LogP contribution is 2.26. The Bertz CT molecular complexity index is 621. The number of piperazine rings is 1. The smallest absolute Gasteiger partial charge is 0.237 e. The topological polar surface area (TPSA) is 79.3 Å². The van der Waals surface area contributed by atoms with Crippen LogP contribution in [0.1, 0.15) is 51.6 Å². The van der Waals surface area contributed by atoms with E-state index in [0.29, 0.717) is 25.0 Å². The van der Waals surface area contributed by atoms with Crippen molar-refractivity contribution in [2.75, 3.05) is 13.1 Å². The Labute approximate surface area is 155 Å². The molecule has 0 radical (unpaired) electrons. The highest BCUT2D eigenvalue weighted by Gasteiger charge is 2.36. The first-order valence-corrected chi connectivity index (χ1v) is 9.83. The Morgan fingerprint density at radius 2 is 2.15 bits per heavy atom. The van der Waals surface area contributed by atoms with Crippen LogP contribution in [0.5, 0.6) is 0 Å². The highest BCUT2D eigenvalue weighted by atomic mass is 16.2. The van der Waals surface area contributed by atoms with Crippen molar-refractivity contribution in [2.24, 2.45) is 5.92 Å². The molecule has 7 heteroatoms. The first-order chi connectivity index (χ1) is 12.5. The van der Waals surface area contributed by atoms with Crippen molar-refractivity contribution in [3.8, 4) is 0 Å². The van der Waals surface area contributed by atoms with Crippen LogP contribution in [0.3, 0.4) is 0 Å². The largest absolute Gasteiger partial charge is 0.353 e. The molecule has 0 spiro atoms. The summed E-state index contributed by atoms with van der Waals surface area (Å²) in [7, 11) is 0. The van der Waals surface area contributed by atoms with Gasteiger partial charge in [-0.15, -0.1) is 0 Å². The number of nitrogens with zero attached hydrogens (tertiary/aromatic N) is 3. The van der Waals surface area contributed by atoms with Crippen LogP contribution in [0.2, 0.25) is 0 Å². The summed E-state index contributed by atoms with van der Waals surface area (Å²) in [4.78, 5) is 31.3. The summed E-state index contributed by atoms with van der Waals surface area (Å²) in [6.45, 7) is 7.16. The lowest BCUT2D eigenvalue weighted by atomic mass is 10.0. The zero-order valence-corrected chi connectivity index (χ0v) is 15.9. The number of hydrogen-bond acceptors (Lipinski definition) is 4. The van der Waals surface area contributed by atoms with Crippen molar-refractivity contribution in [1.29, 1.82) is 0 Å². The molecule has 2 N–H and O–H groups in total. The fourth-order valence-electron chi connectivity index (χ4n) is 4.11. The average molecular weight is 361 g/mol. The van der Waals surface area contributed by atoms with E-state index in [-0.39, 0.29) is 24.3 Å². The normalized spacial score (nSPS) is 22.0. The van der Waals surface area contributed by atoms with Crippen LogP contribution in [-0.4, -0.2) is 51.4 Å². The van der Waals surface area contributed by atoms with Crippen LogP contribution in [0.4, 0.5) is 0 Å². The van der Waals surface area contributed by atoms with E-state index in [1.165, 1.54) is 12.8 Å². The Hall–Kier alpha value is -1.89. The van der Waals surface area contributed by atoms with Crippen molar-refractivity contribution in [3.63, 3.8) is 0 Å². The van der Waals surface area contributed by atoms with Gasteiger partial charge in [-0.1, -0.05) is 26.7 Å². The molecule has 26 heavy (non-hydrogen) atoms. The number of rotatable bonds is 7. The maximum Gasteiger partial charge on any atom is 0.237 e. The number of aromatic nitrogens is 2. The van der Waals surface area contributed by atoms with E-state index >= 15 is 0 Å². The zero-order valence-electron chi connectivity index (χ0n) is 15.9. The summed E-state index contributed by atoms with van der Waals surface area (Å²) < 4.78 is 2.07. The molecule has 3 rings (SSSR count). The van der Waals surface area contributed by atoms with Crippen LogP contribution in [0.25, 0.3) is 0 Å². The van der Waals surface area contributed by atoms with Gasteiger partial charge in [0.1, 0.15) is 0 Å².